The van der Waals surface area contributed by atoms with Crippen molar-refractivity contribution >= 4 is 5.69 Å². The molecule has 0 bridgehead atoms. The number of benzene rings is 1. The molecule has 1 aromatic rings. The standard InChI is InChI=1S/C13H20N2O2/c1-3-4-10-14(2)11-9-12-5-7-13(8-6-12)15(16)17/h5-8H,3-4,9-11H2,1-2H3. The van der Waals surface area contributed by atoms with E-state index < -0.39 is 0 Å². The van der Waals surface area contributed by atoms with Crippen molar-refractivity contribution in [1.82, 2.24) is 4.90 Å². The summed E-state index contributed by atoms with van der Waals surface area (Å²) in [5, 5.41) is 10.5. The van der Waals surface area contributed by atoms with E-state index in [1.807, 2.05) is 12.1 Å². The van der Waals surface area contributed by atoms with E-state index in [4.69, 9.17) is 0 Å². The molecule has 0 atom stereocenters. The largest absolute Gasteiger partial charge is 0.306 e. The Morgan fingerprint density at radius 2 is 1.88 bits per heavy atom. The molecule has 0 amide bonds. The maximum Gasteiger partial charge on any atom is 0.269 e. The first-order valence-electron chi connectivity index (χ1n) is 6.05. The lowest BCUT2D eigenvalue weighted by molar-refractivity contribution is -0.384. The van der Waals surface area contributed by atoms with Gasteiger partial charge in [0.15, 0.2) is 0 Å². The summed E-state index contributed by atoms with van der Waals surface area (Å²) in [5.74, 6) is 0. The van der Waals surface area contributed by atoms with E-state index in [9.17, 15) is 10.1 Å². The van der Waals surface area contributed by atoms with Crippen LogP contribution in [0.2, 0.25) is 0 Å². The van der Waals surface area contributed by atoms with Gasteiger partial charge in [0.25, 0.3) is 5.69 Å². The molecule has 94 valence electrons. The number of rotatable bonds is 7. The Kier molecular flexibility index (Phi) is 5.63. The maximum atomic E-state index is 10.5. The van der Waals surface area contributed by atoms with Gasteiger partial charge in [0.05, 0.1) is 4.92 Å². The van der Waals surface area contributed by atoms with Crippen LogP contribution < -0.4 is 0 Å². The molecule has 0 saturated heterocycles. The van der Waals surface area contributed by atoms with Gasteiger partial charge in [-0.05, 0) is 32.0 Å². The van der Waals surface area contributed by atoms with Gasteiger partial charge in [-0.2, -0.15) is 0 Å². The summed E-state index contributed by atoms with van der Waals surface area (Å²) in [6.45, 7) is 4.30. The second kappa shape index (κ2) is 7.01. The van der Waals surface area contributed by atoms with Crippen LogP contribution >= 0.6 is 0 Å². The number of likely N-dealkylation sites (N-methyl/N-ethyl adjacent to an activating group) is 1. The average molecular weight is 236 g/mol. The molecule has 0 heterocycles. The van der Waals surface area contributed by atoms with E-state index in [1.54, 1.807) is 12.1 Å². The molecule has 1 aromatic carbocycles. The van der Waals surface area contributed by atoms with Crippen molar-refractivity contribution in [3.63, 3.8) is 0 Å². The topological polar surface area (TPSA) is 46.4 Å². The van der Waals surface area contributed by atoms with E-state index in [0.29, 0.717) is 0 Å². The smallest absolute Gasteiger partial charge is 0.269 e. The van der Waals surface area contributed by atoms with Crippen LogP contribution in [0.5, 0.6) is 0 Å². The minimum Gasteiger partial charge on any atom is -0.306 e. The second-order valence-corrected chi connectivity index (χ2v) is 4.33. The van der Waals surface area contributed by atoms with Gasteiger partial charge in [-0.3, -0.25) is 10.1 Å². The highest BCUT2D eigenvalue weighted by atomic mass is 16.6. The number of hydrogen-bond acceptors (Lipinski definition) is 3. The van der Waals surface area contributed by atoms with Gasteiger partial charge >= 0.3 is 0 Å². The molecule has 4 heteroatoms. The van der Waals surface area contributed by atoms with Crippen molar-refractivity contribution in [2.24, 2.45) is 0 Å². The molecule has 0 spiro atoms. The van der Waals surface area contributed by atoms with Crippen molar-refractivity contribution in [2.45, 2.75) is 26.2 Å². The normalized spacial score (nSPS) is 10.8. The van der Waals surface area contributed by atoms with Crippen molar-refractivity contribution in [3.8, 4) is 0 Å². The van der Waals surface area contributed by atoms with Gasteiger partial charge < -0.3 is 4.90 Å². The molecule has 0 radical (unpaired) electrons. The SMILES string of the molecule is CCCCN(C)CCc1ccc([N+](=O)[O-])cc1. The summed E-state index contributed by atoms with van der Waals surface area (Å²) in [4.78, 5) is 12.4. The average Bonchev–Trinajstić information content (AvgIpc) is 2.34. The fourth-order valence-electron chi connectivity index (χ4n) is 1.64. The van der Waals surface area contributed by atoms with Crippen molar-refractivity contribution < 1.29 is 4.92 Å². The second-order valence-electron chi connectivity index (χ2n) is 4.33. The minimum atomic E-state index is -0.364. The highest BCUT2D eigenvalue weighted by Gasteiger charge is 2.04. The minimum absolute atomic E-state index is 0.160. The molecule has 0 aliphatic carbocycles. The third-order valence-electron chi connectivity index (χ3n) is 2.82. The van der Waals surface area contributed by atoms with Gasteiger partial charge in [-0.1, -0.05) is 25.5 Å². The van der Waals surface area contributed by atoms with Gasteiger partial charge in [-0.25, -0.2) is 0 Å². The maximum absolute atomic E-state index is 10.5. The first-order chi connectivity index (χ1) is 8.13. The number of hydrogen-bond donors (Lipinski definition) is 0. The van der Waals surface area contributed by atoms with Crippen LogP contribution in [0, 0.1) is 10.1 Å². The zero-order valence-corrected chi connectivity index (χ0v) is 10.6. The van der Waals surface area contributed by atoms with E-state index >= 15 is 0 Å². The molecular formula is C13H20N2O2. The molecule has 17 heavy (non-hydrogen) atoms. The summed E-state index contributed by atoms with van der Waals surface area (Å²) < 4.78 is 0. The van der Waals surface area contributed by atoms with Gasteiger partial charge in [0.2, 0.25) is 0 Å². The first-order valence-corrected chi connectivity index (χ1v) is 6.05. The van der Waals surface area contributed by atoms with Crippen LogP contribution in [0.3, 0.4) is 0 Å². The highest BCUT2D eigenvalue weighted by molar-refractivity contribution is 5.32. The molecule has 0 saturated carbocycles. The van der Waals surface area contributed by atoms with Crippen LogP contribution in [-0.4, -0.2) is 30.0 Å². The summed E-state index contributed by atoms with van der Waals surface area (Å²) in [6, 6.07) is 6.82. The van der Waals surface area contributed by atoms with Crippen LogP contribution in [-0.2, 0) is 6.42 Å². The van der Waals surface area contributed by atoms with Crippen LogP contribution in [0.15, 0.2) is 24.3 Å². The van der Waals surface area contributed by atoms with E-state index in [-0.39, 0.29) is 10.6 Å². The Labute approximate surface area is 102 Å². The Bertz CT molecular complexity index is 349. The van der Waals surface area contributed by atoms with Crippen LogP contribution in [0.25, 0.3) is 0 Å². The van der Waals surface area contributed by atoms with E-state index in [1.165, 1.54) is 12.8 Å². The number of nitrogens with zero attached hydrogens (tertiary/aromatic N) is 2. The number of nitro groups is 1. The predicted molar refractivity (Wildman–Crippen MR) is 69.2 cm³/mol. The van der Waals surface area contributed by atoms with Gasteiger partial charge in [0, 0.05) is 18.7 Å². The lowest BCUT2D eigenvalue weighted by Gasteiger charge is -2.15. The molecule has 0 aliphatic heterocycles. The fourth-order valence-corrected chi connectivity index (χ4v) is 1.64. The summed E-state index contributed by atoms with van der Waals surface area (Å²) in [5.41, 5.74) is 1.31. The van der Waals surface area contributed by atoms with Gasteiger partial charge in [0.1, 0.15) is 0 Å². The van der Waals surface area contributed by atoms with Gasteiger partial charge in [-0.15, -0.1) is 0 Å². The van der Waals surface area contributed by atoms with Crippen molar-refractivity contribution in [1.29, 1.82) is 0 Å². The van der Waals surface area contributed by atoms with E-state index in [0.717, 1.165) is 25.1 Å². The van der Waals surface area contributed by atoms with Crippen LogP contribution in [0.4, 0.5) is 5.69 Å². The molecule has 0 aliphatic rings. The monoisotopic (exact) mass is 236 g/mol. The summed E-state index contributed by atoms with van der Waals surface area (Å²) >= 11 is 0. The predicted octanol–water partition coefficient (Wildman–Crippen LogP) is 2.87. The van der Waals surface area contributed by atoms with E-state index in [2.05, 4.69) is 18.9 Å². The third kappa shape index (κ3) is 4.95. The molecular weight excluding hydrogens is 216 g/mol. The number of nitro benzene ring substituents is 1. The summed E-state index contributed by atoms with van der Waals surface area (Å²) in [7, 11) is 2.11. The lowest BCUT2D eigenvalue weighted by Crippen LogP contribution is -2.22. The molecule has 1 rings (SSSR count). The Balaban J connectivity index is 2.39. The molecule has 0 unspecified atom stereocenters. The molecule has 0 aromatic heterocycles. The van der Waals surface area contributed by atoms with Crippen molar-refractivity contribution in [2.75, 3.05) is 20.1 Å². The number of unbranched alkanes of at least 4 members (excludes halogenated alkanes) is 1. The zero-order valence-electron chi connectivity index (χ0n) is 10.6. The Morgan fingerprint density at radius 1 is 1.24 bits per heavy atom. The molecule has 4 nitrogen and oxygen atoms in total. The molecule has 0 N–H and O–H groups in total. The Morgan fingerprint density at radius 3 is 2.41 bits per heavy atom. The third-order valence-corrected chi connectivity index (χ3v) is 2.82. The lowest BCUT2D eigenvalue weighted by atomic mass is 10.1. The quantitative estimate of drug-likeness (QED) is 0.540. The number of non-ortho nitro benzene ring substituents is 1. The summed E-state index contributed by atoms with van der Waals surface area (Å²) in [6.07, 6.45) is 3.37. The highest BCUT2D eigenvalue weighted by Crippen LogP contribution is 2.12. The fraction of sp³-hybridized carbons (Fsp3) is 0.538. The zero-order chi connectivity index (χ0) is 12.7. The first kappa shape index (κ1) is 13.6. The Hall–Kier alpha value is -1.42. The van der Waals surface area contributed by atoms with Crippen molar-refractivity contribution in [3.05, 3.63) is 39.9 Å². The van der Waals surface area contributed by atoms with Crippen LogP contribution in [0.1, 0.15) is 25.3 Å². The molecule has 0 fully saturated rings.